The minimum Gasteiger partial charge on any atom is -0.355 e. The van der Waals surface area contributed by atoms with E-state index in [2.05, 4.69) is 17.6 Å². The highest BCUT2D eigenvalue weighted by Crippen LogP contribution is 2.09. The molecular weight excluding hydrogens is 236 g/mol. The average molecular weight is 268 g/mol. The Hall–Kier alpha value is -0.570. The van der Waals surface area contributed by atoms with Gasteiger partial charge in [-0.05, 0) is 25.8 Å². The first kappa shape index (κ1) is 16.5. The van der Waals surface area contributed by atoms with Crippen LogP contribution in [0.5, 0.6) is 0 Å². The first-order valence-electron chi connectivity index (χ1n) is 8.33. The Morgan fingerprint density at radius 3 is 2.53 bits per heavy atom. The van der Waals surface area contributed by atoms with Crippen molar-refractivity contribution in [1.29, 1.82) is 0 Å². The van der Waals surface area contributed by atoms with Crippen LogP contribution in [0, 0.1) is 0 Å². The van der Waals surface area contributed by atoms with Gasteiger partial charge < -0.3 is 10.6 Å². The van der Waals surface area contributed by atoms with Gasteiger partial charge in [-0.15, -0.1) is 0 Å². The Bertz CT molecular complexity index is 225. The minimum atomic E-state index is 0.237. The normalized spacial score (nSPS) is 19.3. The van der Waals surface area contributed by atoms with Gasteiger partial charge in [-0.25, -0.2) is 0 Å². The van der Waals surface area contributed by atoms with Gasteiger partial charge in [0.15, 0.2) is 0 Å². The lowest BCUT2D eigenvalue weighted by Gasteiger charge is -2.23. The number of hydrogen-bond acceptors (Lipinski definition) is 2. The second-order valence-electron chi connectivity index (χ2n) is 5.82. The van der Waals surface area contributed by atoms with Crippen LogP contribution < -0.4 is 10.6 Å². The van der Waals surface area contributed by atoms with E-state index in [0.717, 1.165) is 19.5 Å². The molecule has 1 heterocycles. The van der Waals surface area contributed by atoms with E-state index in [1.54, 1.807) is 0 Å². The van der Waals surface area contributed by atoms with Crippen LogP contribution >= 0.6 is 0 Å². The highest BCUT2D eigenvalue weighted by molar-refractivity contribution is 5.75. The Morgan fingerprint density at radius 2 is 1.84 bits per heavy atom. The van der Waals surface area contributed by atoms with Crippen LogP contribution in [0.4, 0.5) is 0 Å². The van der Waals surface area contributed by atoms with E-state index in [0.29, 0.717) is 12.5 Å². The maximum absolute atomic E-state index is 11.7. The molecule has 1 rings (SSSR count). The summed E-state index contributed by atoms with van der Waals surface area (Å²) >= 11 is 0. The van der Waals surface area contributed by atoms with Crippen LogP contribution in [-0.2, 0) is 4.79 Å². The van der Waals surface area contributed by atoms with E-state index >= 15 is 0 Å². The van der Waals surface area contributed by atoms with Crippen molar-refractivity contribution in [3.8, 4) is 0 Å². The number of piperidine rings is 1. The lowest BCUT2D eigenvalue weighted by molar-refractivity contribution is -0.121. The van der Waals surface area contributed by atoms with Gasteiger partial charge in [-0.2, -0.15) is 0 Å². The van der Waals surface area contributed by atoms with Gasteiger partial charge in [0.2, 0.25) is 5.91 Å². The van der Waals surface area contributed by atoms with Crippen LogP contribution in [0.25, 0.3) is 0 Å². The molecule has 3 heteroatoms. The molecule has 1 atom stereocenters. The van der Waals surface area contributed by atoms with Crippen LogP contribution in [-0.4, -0.2) is 25.0 Å². The minimum absolute atomic E-state index is 0.237. The summed E-state index contributed by atoms with van der Waals surface area (Å²) in [5.74, 6) is 0.237. The number of carbonyl (C=O) groups excluding carboxylic acids is 1. The first-order valence-corrected chi connectivity index (χ1v) is 8.33. The molecule has 19 heavy (non-hydrogen) atoms. The van der Waals surface area contributed by atoms with Crippen LogP contribution in [0.15, 0.2) is 0 Å². The molecule has 1 unspecified atom stereocenters. The Balaban J connectivity index is 1.87. The molecule has 0 spiro atoms. The summed E-state index contributed by atoms with van der Waals surface area (Å²) < 4.78 is 0. The van der Waals surface area contributed by atoms with E-state index in [4.69, 9.17) is 0 Å². The first-order chi connectivity index (χ1) is 9.33. The van der Waals surface area contributed by atoms with E-state index in [1.165, 1.54) is 57.8 Å². The molecule has 2 N–H and O–H groups in total. The van der Waals surface area contributed by atoms with Crippen LogP contribution in [0.1, 0.15) is 77.6 Å². The van der Waals surface area contributed by atoms with Gasteiger partial charge in [0.25, 0.3) is 0 Å². The topological polar surface area (TPSA) is 41.1 Å². The van der Waals surface area contributed by atoms with Crippen molar-refractivity contribution >= 4 is 5.91 Å². The Morgan fingerprint density at radius 1 is 1.11 bits per heavy atom. The van der Waals surface area contributed by atoms with Gasteiger partial charge in [-0.3, -0.25) is 4.79 Å². The molecule has 1 aliphatic heterocycles. The fourth-order valence-corrected chi connectivity index (χ4v) is 2.67. The Labute approximate surface area is 118 Å². The third kappa shape index (κ3) is 9.04. The van der Waals surface area contributed by atoms with Gasteiger partial charge in [0.1, 0.15) is 0 Å². The SMILES string of the molecule is CCCCCCCCCC(=O)NCC1CCCCN1. The highest BCUT2D eigenvalue weighted by Gasteiger charge is 2.12. The van der Waals surface area contributed by atoms with Crippen molar-refractivity contribution in [2.75, 3.05) is 13.1 Å². The standard InChI is InChI=1S/C16H32N2O/c1-2-3-4-5-6-7-8-12-16(19)18-14-15-11-9-10-13-17-15/h15,17H,2-14H2,1H3,(H,18,19). The maximum Gasteiger partial charge on any atom is 0.220 e. The number of nitrogens with one attached hydrogen (secondary N) is 2. The van der Waals surface area contributed by atoms with E-state index in [1.807, 2.05) is 0 Å². The second-order valence-corrected chi connectivity index (χ2v) is 5.82. The van der Waals surface area contributed by atoms with Crippen molar-refractivity contribution in [2.24, 2.45) is 0 Å². The van der Waals surface area contributed by atoms with E-state index in [9.17, 15) is 4.79 Å². The van der Waals surface area contributed by atoms with Crippen molar-refractivity contribution in [1.82, 2.24) is 10.6 Å². The monoisotopic (exact) mass is 268 g/mol. The molecule has 1 fully saturated rings. The van der Waals surface area contributed by atoms with Crippen molar-refractivity contribution in [2.45, 2.75) is 83.6 Å². The van der Waals surface area contributed by atoms with Crippen LogP contribution in [0.3, 0.4) is 0 Å². The summed E-state index contributed by atoms with van der Waals surface area (Å²) in [6.45, 7) is 4.17. The average Bonchev–Trinajstić information content (AvgIpc) is 2.45. The zero-order valence-corrected chi connectivity index (χ0v) is 12.7. The summed E-state index contributed by atoms with van der Waals surface area (Å²) in [5.41, 5.74) is 0. The number of hydrogen-bond donors (Lipinski definition) is 2. The molecule has 1 aliphatic rings. The quantitative estimate of drug-likeness (QED) is 0.596. The van der Waals surface area contributed by atoms with Gasteiger partial charge in [0, 0.05) is 19.0 Å². The van der Waals surface area contributed by atoms with Gasteiger partial charge in [-0.1, -0.05) is 51.9 Å². The highest BCUT2D eigenvalue weighted by atomic mass is 16.1. The largest absolute Gasteiger partial charge is 0.355 e. The van der Waals surface area contributed by atoms with E-state index < -0.39 is 0 Å². The third-order valence-electron chi connectivity index (χ3n) is 3.97. The smallest absolute Gasteiger partial charge is 0.220 e. The third-order valence-corrected chi connectivity index (χ3v) is 3.97. The summed E-state index contributed by atoms with van der Waals surface area (Å²) in [6, 6.07) is 0.506. The number of rotatable bonds is 10. The Kier molecular flexibility index (Phi) is 9.78. The lowest BCUT2D eigenvalue weighted by Crippen LogP contribution is -2.43. The number of unbranched alkanes of at least 4 members (excludes halogenated alkanes) is 6. The van der Waals surface area contributed by atoms with Crippen molar-refractivity contribution < 1.29 is 4.79 Å². The molecule has 0 radical (unpaired) electrons. The molecule has 0 saturated carbocycles. The van der Waals surface area contributed by atoms with Gasteiger partial charge in [0.05, 0.1) is 0 Å². The second kappa shape index (κ2) is 11.3. The summed E-state index contributed by atoms with van der Waals surface area (Å²) in [4.78, 5) is 11.7. The molecule has 1 amide bonds. The van der Waals surface area contributed by atoms with E-state index in [-0.39, 0.29) is 5.91 Å². The molecular formula is C16H32N2O. The van der Waals surface area contributed by atoms with Crippen LogP contribution in [0.2, 0.25) is 0 Å². The number of amides is 1. The fraction of sp³-hybridized carbons (Fsp3) is 0.938. The molecule has 112 valence electrons. The fourth-order valence-electron chi connectivity index (χ4n) is 2.67. The zero-order chi connectivity index (χ0) is 13.8. The molecule has 0 aromatic carbocycles. The van der Waals surface area contributed by atoms with Crippen molar-refractivity contribution in [3.05, 3.63) is 0 Å². The molecule has 0 aliphatic carbocycles. The van der Waals surface area contributed by atoms with Crippen molar-refractivity contribution in [3.63, 3.8) is 0 Å². The van der Waals surface area contributed by atoms with Gasteiger partial charge >= 0.3 is 0 Å². The molecule has 1 saturated heterocycles. The predicted octanol–water partition coefficient (Wildman–Crippen LogP) is 3.39. The predicted molar refractivity (Wildman–Crippen MR) is 81.3 cm³/mol. The number of carbonyl (C=O) groups is 1. The molecule has 0 aromatic rings. The molecule has 0 aromatic heterocycles. The summed E-state index contributed by atoms with van der Waals surface area (Å²) in [7, 11) is 0. The zero-order valence-electron chi connectivity index (χ0n) is 12.7. The summed E-state index contributed by atoms with van der Waals surface area (Å²) in [5, 5.41) is 6.52. The molecule has 0 bridgehead atoms. The summed E-state index contributed by atoms with van der Waals surface area (Å²) in [6.07, 6.45) is 13.4. The molecule has 3 nitrogen and oxygen atoms in total. The lowest BCUT2D eigenvalue weighted by atomic mass is 10.0. The maximum atomic E-state index is 11.7.